The highest BCUT2D eigenvalue weighted by atomic mass is 16.5. The molecule has 0 radical (unpaired) electrons. The minimum Gasteiger partial charge on any atom is -0.376 e. The Bertz CT molecular complexity index is 53.9. The van der Waals surface area contributed by atoms with Crippen molar-refractivity contribution >= 4 is 0 Å². The van der Waals surface area contributed by atoms with Crippen LogP contribution in [0, 0.1) is 0 Å². The van der Waals surface area contributed by atoms with Crippen LogP contribution in [0.5, 0.6) is 0 Å². The van der Waals surface area contributed by atoms with Gasteiger partial charge in [0.25, 0.3) is 0 Å². The summed E-state index contributed by atoms with van der Waals surface area (Å²) in [7, 11) is 0. The first-order valence-corrected chi connectivity index (χ1v) is 4.94. The SMILES string of the molecule is CC.CC.CC1CCC(C)O1. The van der Waals surface area contributed by atoms with E-state index in [-0.39, 0.29) is 0 Å². The lowest BCUT2D eigenvalue weighted by molar-refractivity contribution is 0.0673. The topological polar surface area (TPSA) is 9.23 Å². The Balaban J connectivity index is 0. The zero-order valence-electron chi connectivity index (χ0n) is 8.98. The molecule has 1 nitrogen and oxygen atoms in total. The van der Waals surface area contributed by atoms with E-state index in [0.717, 1.165) is 0 Å². The van der Waals surface area contributed by atoms with Crippen LogP contribution in [0.4, 0.5) is 0 Å². The van der Waals surface area contributed by atoms with Crippen molar-refractivity contribution in [2.75, 3.05) is 0 Å². The van der Waals surface area contributed by atoms with E-state index in [1.54, 1.807) is 0 Å². The van der Waals surface area contributed by atoms with Crippen LogP contribution in [-0.4, -0.2) is 12.2 Å². The zero-order chi connectivity index (χ0) is 9.28. The molecule has 0 spiro atoms. The standard InChI is InChI=1S/C6H12O.2C2H6/c1-5-3-4-6(2)7-5;2*1-2/h5-6H,3-4H2,1-2H3;2*1-2H3. The molecule has 1 saturated heterocycles. The summed E-state index contributed by atoms with van der Waals surface area (Å²) in [5.41, 5.74) is 0. The van der Waals surface area contributed by atoms with E-state index in [4.69, 9.17) is 4.74 Å². The number of rotatable bonds is 0. The van der Waals surface area contributed by atoms with E-state index in [0.29, 0.717) is 12.2 Å². The molecule has 2 unspecified atom stereocenters. The Hall–Kier alpha value is -0.0400. The van der Waals surface area contributed by atoms with E-state index in [1.807, 2.05) is 27.7 Å². The highest BCUT2D eigenvalue weighted by molar-refractivity contribution is 4.64. The third-order valence-electron chi connectivity index (χ3n) is 1.44. The molecule has 0 aromatic heterocycles. The minimum atomic E-state index is 0.523. The molecule has 0 aromatic rings. The van der Waals surface area contributed by atoms with Gasteiger partial charge in [0.05, 0.1) is 12.2 Å². The van der Waals surface area contributed by atoms with Gasteiger partial charge < -0.3 is 4.74 Å². The molecule has 70 valence electrons. The van der Waals surface area contributed by atoms with Crippen molar-refractivity contribution in [3.8, 4) is 0 Å². The van der Waals surface area contributed by atoms with Crippen LogP contribution in [0.3, 0.4) is 0 Å². The maximum Gasteiger partial charge on any atom is 0.0551 e. The first-order chi connectivity index (χ1) is 5.29. The van der Waals surface area contributed by atoms with Gasteiger partial charge in [0.15, 0.2) is 0 Å². The average Bonchev–Trinajstić information content (AvgIpc) is 2.43. The van der Waals surface area contributed by atoms with Gasteiger partial charge in [-0.25, -0.2) is 0 Å². The van der Waals surface area contributed by atoms with E-state index in [2.05, 4.69) is 13.8 Å². The van der Waals surface area contributed by atoms with E-state index in [9.17, 15) is 0 Å². The van der Waals surface area contributed by atoms with E-state index >= 15 is 0 Å². The van der Waals surface area contributed by atoms with Crippen molar-refractivity contribution in [1.29, 1.82) is 0 Å². The Labute approximate surface area is 72.1 Å². The van der Waals surface area contributed by atoms with Gasteiger partial charge in [0.2, 0.25) is 0 Å². The van der Waals surface area contributed by atoms with Gasteiger partial charge in [0, 0.05) is 0 Å². The van der Waals surface area contributed by atoms with Gasteiger partial charge in [-0.1, -0.05) is 27.7 Å². The van der Waals surface area contributed by atoms with Crippen LogP contribution >= 0.6 is 0 Å². The third kappa shape index (κ3) is 7.86. The van der Waals surface area contributed by atoms with Crippen molar-refractivity contribution in [2.45, 2.75) is 66.6 Å². The summed E-state index contributed by atoms with van der Waals surface area (Å²) < 4.78 is 5.36. The lowest BCUT2D eigenvalue weighted by Gasteiger charge is -2.01. The van der Waals surface area contributed by atoms with E-state index in [1.165, 1.54) is 12.8 Å². The fraction of sp³-hybridized carbons (Fsp3) is 1.00. The van der Waals surface area contributed by atoms with Crippen LogP contribution in [0.2, 0.25) is 0 Å². The predicted molar refractivity (Wildman–Crippen MR) is 51.9 cm³/mol. The molecule has 1 aliphatic heterocycles. The molecule has 1 heterocycles. The summed E-state index contributed by atoms with van der Waals surface area (Å²) in [6, 6.07) is 0. The summed E-state index contributed by atoms with van der Waals surface area (Å²) in [6.45, 7) is 12.3. The molecule has 0 bridgehead atoms. The molecule has 1 rings (SSSR count). The largest absolute Gasteiger partial charge is 0.376 e. The Morgan fingerprint density at radius 3 is 1.18 bits per heavy atom. The van der Waals surface area contributed by atoms with Crippen molar-refractivity contribution in [2.24, 2.45) is 0 Å². The molecule has 11 heavy (non-hydrogen) atoms. The molecular weight excluding hydrogens is 136 g/mol. The Morgan fingerprint density at radius 1 is 0.818 bits per heavy atom. The molecular formula is C10H24O. The van der Waals surface area contributed by atoms with Crippen molar-refractivity contribution in [1.82, 2.24) is 0 Å². The number of ether oxygens (including phenoxy) is 1. The first-order valence-electron chi connectivity index (χ1n) is 4.94. The van der Waals surface area contributed by atoms with Crippen molar-refractivity contribution in [3.63, 3.8) is 0 Å². The zero-order valence-corrected chi connectivity index (χ0v) is 8.98. The van der Waals surface area contributed by atoms with E-state index < -0.39 is 0 Å². The highest BCUT2D eigenvalue weighted by Crippen LogP contribution is 2.17. The van der Waals surface area contributed by atoms with Crippen molar-refractivity contribution in [3.05, 3.63) is 0 Å². The van der Waals surface area contributed by atoms with Crippen LogP contribution in [0.15, 0.2) is 0 Å². The lowest BCUT2D eigenvalue weighted by atomic mass is 10.2. The van der Waals surface area contributed by atoms with Crippen LogP contribution in [0.1, 0.15) is 54.4 Å². The Kier molecular flexibility index (Phi) is 12.3. The summed E-state index contributed by atoms with van der Waals surface area (Å²) >= 11 is 0. The smallest absolute Gasteiger partial charge is 0.0551 e. The molecule has 1 heteroatoms. The Morgan fingerprint density at radius 2 is 1.09 bits per heavy atom. The highest BCUT2D eigenvalue weighted by Gasteiger charge is 2.16. The number of hydrogen-bond donors (Lipinski definition) is 0. The maximum absolute atomic E-state index is 5.36. The minimum absolute atomic E-state index is 0.523. The second-order valence-electron chi connectivity index (χ2n) is 2.33. The summed E-state index contributed by atoms with van der Waals surface area (Å²) in [6.07, 6.45) is 3.55. The second-order valence-corrected chi connectivity index (χ2v) is 2.33. The quantitative estimate of drug-likeness (QED) is 0.526. The summed E-state index contributed by atoms with van der Waals surface area (Å²) in [5.74, 6) is 0. The molecule has 0 saturated carbocycles. The fourth-order valence-electron chi connectivity index (χ4n) is 1.00. The monoisotopic (exact) mass is 160 g/mol. The van der Waals surface area contributed by atoms with Gasteiger partial charge >= 0.3 is 0 Å². The second kappa shape index (κ2) is 9.96. The molecule has 1 aliphatic rings. The van der Waals surface area contributed by atoms with Gasteiger partial charge in [-0.2, -0.15) is 0 Å². The average molecular weight is 160 g/mol. The first kappa shape index (κ1) is 13.5. The summed E-state index contributed by atoms with van der Waals surface area (Å²) in [4.78, 5) is 0. The summed E-state index contributed by atoms with van der Waals surface area (Å²) in [5, 5.41) is 0. The normalized spacial score (nSPS) is 27.8. The van der Waals surface area contributed by atoms with Crippen LogP contribution in [0.25, 0.3) is 0 Å². The molecule has 0 aliphatic carbocycles. The lowest BCUT2D eigenvalue weighted by Crippen LogP contribution is -2.01. The molecule has 0 amide bonds. The molecule has 0 aromatic carbocycles. The fourth-order valence-corrected chi connectivity index (χ4v) is 1.00. The van der Waals surface area contributed by atoms with Crippen LogP contribution in [-0.2, 0) is 4.74 Å². The van der Waals surface area contributed by atoms with Gasteiger partial charge in [-0.3, -0.25) is 0 Å². The third-order valence-corrected chi connectivity index (χ3v) is 1.44. The van der Waals surface area contributed by atoms with Gasteiger partial charge in [-0.15, -0.1) is 0 Å². The van der Waals surface area contributed by atoms with Gasteiger partial charge in [0.1, 0.15) is 0 Å². The maximum atomic E-state index is 5.36. The molecule has 1 fully saturated rings. The number of hydrogen-bond acceptors (Lipinski definition) is 1. The van der Waals surface area contributed by atoms with Gasteiger partial charge in [-0.05, 0) is 26.7 Å². The molecule has 2 atom stereocenters. The predicted octanol–water partition coefficient (Wildman–Crippen LogP) is 3.63. The van der Waals surface area contributed by atoms with Crippen molar-refractivity contribution < 1.29 is 4.74 Å². The molecule has 0 N–H and O–H groups in total. The van der Waals surface area contributed by atoms with Crippen LogP contribution < -0.4 is 0 Å².